The van der Waals surface area contributed by atoms with Crippen molar-refractivity contribution in [1.29, 1.82) is 0 Å². The first kappa shape index (κ1) is 11.4. The zero-order valence-corrected chi connectivity index (χ0v) is 9.87. The molecule has 13 heavy (non-hydrogen) atoms. The van der Waals surface area contributed by atoms with Crippen molar-refractivity contribution in [2.24, 2.45) is 0 Å². The molecule has 1 nitrogen and oxygen atoms in total. The van der Waals surface area contributed by atoms with Gasteiger partial charge in [-0.25, -0.2) is 13.8 Å². The lowest BCUT2D eigenvalue weighted by Crippen LogP contribution is -1.98. The summed E-state index contributed by atoms with van der Waals surface area (Å²) in [5.41, 5.74) is 0.209. The van der Waals surface area contributed by atoms with E-state index in [1.165, 1.54) is 0 Å². The number of halogens is 5. The van der Waals surface area contributed by atoms with Crippen LogP contribution in [0.4, 0.5) is 8.78 Å². The van der Waals surface area contributed by atoms with Crippen LogP contribution in [-0.4, -0.2) is 4.98 Å². The van der Waals surface area contributed by atoms with Gasteiger partial charge in [-0.15, -0.1) is 11.6 Å². The van der Waals surface area contributed by atoms with E-state index >= 15 is 0 Å². The third-order valence-corrected chi connectivity index (χ3v) is 3.51. The fraction of sp³-hybridized carbons (Fsp3) is 0.286. The second kappa shape index (κ2) is 4.70. The van der Waals surface area contributed by atoms with E-state index in [0.717, 1.165) is 6.20 Å². The summed E-state index contributed by atoms with van der Waals surface area (Å²) in [5.74, 6) is 0.0141. The summed E-state index contributed by atoms with van der Waals surface area (Å²) in [6.45, 7) is 0. The van der Waals surface area contributed by atoms with E-state index in [-0.39, 0.29) is 16.6 Å². The highest BCUT2D eigenvalue weighted by Gasteiger charge is 2.17. The standard InChI is InChI=1S/C7H4Cl2F2IN/c8-1-3-4(7(10)11)2-13-6(9)5(3)12/h2,7H,1H2. The lowest BCUT2D eigenvalue weighted by Gasteiger charge is -2.08. The zero-order valence-electron chi connectivity index (χ0n) is 6.20. The third kappa shape index (κ3) is 2.41. The molecule has 0 aliphatic carbocycles. The van der Waals surface area contributed by atoms with E-state index in [1.807, 2.05) is 22.6 Å². The lowest BCUT2D eigenvalue weighted by atomic mass is 10.2. The maximum Gasteiger partial charge on any atom is 0.265 e. The molecule has 0 fully saturated rings. The van der Waals surface area contributed by atoms with Crippen molar-refractivity contribution in [2.75, 3.05) is 0 Å². The normalized spacial score (nSPS) is 10.9. The molecular weight excluding hydrogens is 334 g/mol. The van der Waals surface area contributed by atoms with Crippen molar-refractivity contribution < 1.29 is 8.78 Å². The molecule has 0 N–H and O–H groups in total. The lowest BCUT2D eigenvalue weighted by molar-refractivity contribution is 0.150. The largest absolute Gasteiger partial charge is 0.265 e. The Morgan fingerprint density at radius 2 is 2.15 bits per heavy atom. The molecule has 0 aliphatic heterocycles. The van der Waals surface area contributed by atoms with Gasteiger partial charge < -0.3 is 0 Å². The Bertz CT molecular complexity index is 320. The molecule has 0 spiro atoms. The van der Waals surface area contributed by atoms with Crippen molar-refractivity contribution in [3.05, 3.63) is 26.0 Å². The predicted octanol–water partition coefficient (Wildman–Crippen LogP) is 4.02. The first-order valence-electron chi connectivity index (χ1n) is 3.24. The molecule has 0 aromatic carbocycles. The van der Waals surface area contributed by atoms with Crippen LogP contribution in [0, 0.1) is 3.57 Å². The topological polar surface area (TPSA) is 12.9 Å². The fourth-order valence-electron chi connectivity index (χ4n) is 0.836. The molecule has 0 amide bonds. The van der Waals surface area contributed by atoms with E-state index in [4.69, 9.17) is 23.2 Å². The molecule has 1 rings (SSSR count). The average Bonchev–Trinajstić information content (AvgIpc) is 2.09. The van der Waals surface area contributed by atoms with Crippen LogP contribution < -0.4 is 0 Å². The minimum atomic E-state index is -2.56. The summed E-state index contributed by atoms with van der Waals surface area (Å²) in [4.78, 5) is 3.63. The summed E-state index contributed by atoms with van der Waals surface area (Å²) in [6.07, 6.45) is -1.50. The van der Waals surface area contributed by atoms with Gasteiger partial charge in [0.1, 0.15) is 5.15 Å². The third-order valence-electron chi connectivity index (χ3n) is 1.48. The Kier molecular flexibility index (Phi) is 4.12. The summed E-state index contributed by atoms with van der Waals surface area (Å²) in [7, 11) is 0. The van der Waals surface area contributed by atoms with Gasteiger partial charge in [-0.3, -0.25) is 0 Å². The Morgan fingerprint density at radius 3 is 2.62 bits per heavy atom. The molecule has 1 heterocycles. The van der Waals surface area contributed by atoms with Crippen LogP contribution in [0.15, 0.2) is 6.20 Å². The van der Waals surface area contributed by atoms with Crippen LogP contribution in [0.1, 0.15) is 17.6 Å². The van der Waals surface area contributed by atoms with E-state index in [9.17, 15) is 8.78 Å². The van der Waals surface area contributed by atoms with Crippen LogP contribution in [0.2, 0.25) is 5.15 Å². The summed E-state index contributed by atoms with van der Waals surface area (Å²) >= 11 is 13.0. The number of nitrogens with zero attached hydrogens (tertiary/aromatic N) is 1. The molecule has 72 valence electrons. The summed E-state index contributed by atoms with van der Waals surface area (Å²) in [6, 6.07) is 0. The van der Waals surface area contributed by atoms with Crippen molar-refractivity contribution >= 4 is 45.8 Å². The number of pyridine rings is 1. The Labute approximate surface area is 97.6 Å². The Morgan fingerprint density at radius 1 is 1.54 bits per heavy atom. The molecule has 1 aromatic rings. The highest BCUT2D eigenvalue weighted by molar-refractivity contribution is 14.1. The SMILES string of the molecule is FC(F)c1cnc(Cl)c(I)c1CCl. The van der Waals surface area contributed by atoms with Crippen molar-refractivity contribution in [2.45, 2.75) is 12.3 Å². The average molecular weight is 338 g/mol. The first-order valence-corrected chi connectivity index (χ1v) is 5.24. The molecule has 0 bridgehead atoms. The first-order chi connectivity index (χ1) is 6.07. The van der Waals surface area contributed by atoms with Crippen LogP contribution in [0.5, 0.6) is 0 Å². The highest BCUT2D eigenvalue weighted by Crippen LogP contribution is 2.30. The van der Waals surface area contributed by atoms with Crippen LogP contribution in [0.3, 0.4) is 0 Å². The van der Waals surface area contributed by atoms with Gasteiger partial charge in [-0.05, 0) is 28.2 Å². The fourth-order valence-corrected chi connectivity index (χ4v) is 2.15. The second-order valence-electron chi connectivity index (χ2n) is 2.23. The molecule has 0 saturated carbocycles. The highest BCUT2D eigenvalue weighted by atomic mass is 127. The Balaban J connectivity index is 3.30. The number of hydrogen-bond donors (Lipinski definition) is 0. The zero-order chi connectivity index (χ0) is 10.0. The maximum atomic E-state index is 12.4. The number of rotatable bonds is 2. The number of alkyl halides is 3. The van der Waals surface area contributed by atoms with E-state index in [1.54, 1.807) is 0 Å². The number of aromatic nitrogens is 1. The molecule has 0 aliphatic rings. The summed E-state index contributed by atoms with van der Waals surface area (Å²) < 4.78 is 25.3. The van der Waals surface area contributed by atoms with Gasteiger partial charge in [0.25, 0.3) is 6.43 Å². The molecular formula is C7H4Cl2F2IN. The van der Waals surface area contributed by atoms with Crippen LogP contribution in [0.25, 0.3) is 0 Å². The Hall–Kier alpha value is 0.320. The molecule has 0 radical (unpaired) electrons. The van der Waals surface area contributed by atoms with E-state index in [0.29, 0.717) is 9.13 Å². The van der Waals surface area contributed by atoms with Crippen molar-refractivity contribution in [3.63, 3.8) is 0 Å². The number of hydrogen-bond acceptors (Lipinski definition) is 1. The van der Waals surface area contributed by atoms with Crippen molar-refractivity contribution in [1.82, 2.24) is 4.98 Å². The van der Waals surface area contributed by atoms with Gasteiger partial charge in [0.15, 0.2) is 0 Å². The maximum absolute atomic E-state index is 12.4. The smallest absolute Gasteiger partial charge is 0.243 e. The molecule has 0 unspecified atom stereocenters. The molecule has 0 saturated heterocycles. The van der Waals surface area contributed by atoms with Gasteiger partial charge in [0.2, 0.25) is 0 Å². The second-order valence-corrected chi connectivity index (χ2v) is 3.94. The minimum absolute atomic E-state index is 0.0141. The summed E-state index contributed by atoms with van der Waals surface area (Å²) in [5, 5.41) is 0.209. The van der Waals surface area contributed by atoms with E-state index in [2.05, 4.69) is 4.98 Å². The van der Waals surface area contributed by atoms with Gasteiger partial charge >= 0.3 is 0 Å². The molecule has 1 aromatic heterocycles. The molecule has 6 heteroatoms. The minimum Gasteiger partial charge on any atom is -0.243 e. The quantitative estimate of drug-likeness (QED) is 0.451. The van der Waals surface area contributed by atoms with E-state index < -0.39 is 6.43 Å². The monoisotopic (exact) mass is 337 g/mol. The van der Waals surface area contributed by atoms with Crippen LogP contribution >= 0.6 is 45.8 Å². The van der Waals surface area contributed by atoms with Gasteiger partial charge in [0.05, 0.1) is 3.57 Å². The van der Waals surface area contributed by atoms with Gasteiger partial charge in [0, 0.05) is 17.6 Å². The predicted molar refractivity (Wildman–Crippen MR) is 56.5 cm³/mol. The van der Waals surface area contributed by atoms with Crippen molar-refractivity contribution in [3.8, 4) is 0 Å². The van der Waals surface area contributed by atoms with Gasteiger partial charge in [-0.2, -0.15) is 0 Å². The van der Waals surface area contributed by atoms with Gasteiger partial charge in [-0.1, -0.05) is 11.6 Å². The van der Waals surface area contributed by atoms with Crippen LogP contribution in [-0.2, 0) is 5.88 Å². The molecule has 0 atom stereocenters.